The van der Waals surface area contributed by atoms with Crippen molar-refractivity contribution < 1.29 is 14.2 Å². The molecule has 2 aromatic carbocycles. The van der Waals surface area contributed by atoms with Gasteiger partial charge in [0.1, 0.15) is 29.0 Å². The van der Waals surface area contributed by atoms with E-state index in [0.29, 0.717) is 28.2 Å². The molecule has 1 aromatic heterocycles. The fourth-order valence-electron chi connectivity index (χ4n) is 2.93. The maximum Gasteiger partial charge on any atom is 0.145 e. The first-order valence-electron chi connectivity index (χ1n) is 7.65. The Morgan fingerprint density at radius 3 is 2.92 bits per heavy atom. The lowest BCUT2D eigenvalue weighted by Crippen LogP contribution is -2.26. The van der Waals surface area contributed by atoms with E-state index in [4.69, 9.17) is 10.1 Å². The van der Waals surface area contributed by atoms with Crippen molar-refractivity contribution in [2.24, 2.45) is 0 Å². The number of H-pyrrole nitrogens is 1. The normalized spacial score (nSPS) is 14.6. The van der Waals surface area contributed by atoms with Gasteiger partial charge < -0.3 is 19.7 Å². The largest absolute Gasteiger partial charge is 0.509 e. The molecule has 126 valence electrons. The number of ether oxygens (including phenoxy) is 1. The number of halogens is 1. The number of anilines is 1. The van der Waals surface area contributed by atoms with Crippen LogP contribution in [-0.2, 0) is 0 Å². The van der Waals surface area contributed by atoms with Gasteiger partial charge in [-0.15, -0.1) is 0 Å². The number of aliphatic hydroxyl groups is 1. The molecule has 0 aliphatic carbocycles. The van der Waals surface area contributed by atoms with Crippen LogP contribution in [0, 0.1) is 11.2 Å². The Bertz CT molecular complexity index is 1020. The van der Waals surface area contributed by atoms with Crippen molar-refractivity contribution in [2.45, 2.75) is 0 Å². The van der Waals surface area contributed by atoms with Gasteiger partial charge in [-0.1, -0.05) is 6.07 Å². The summed E-state index contributed by atoms with van der Waals surface area (Å²) in [6.07, 6.45) is 0. The van der Waals surface area contributed by atoms with Gasteiger partial charge in [-0.25, -0.2) is 9.37 Å². The Balaban J connectivity index is 1.72. The molecule has 0 bridgehead atoms. The average molecular weight is 338 g/mol. The molecule has 1 aliphatic rings. The van der Waals surface area contributed by atoms with Crippen LogP contribution < -0.4 is 9.64 Å². The molecule has 7 heteroatoms. The number of methoxy groups -OCH3 is 1. The number of amidine groups is 1. The minimum Gasteiger partial charge on any atom is -0.509 e. The fraction of sp³-hybridized carbons (Fsp3) is 0.111. The summed E-state index contributed by atoms with van der Waals surface area (Å²) >= 11 is 0. The van der Waals surface area contributed by atoms with Gasteiger partial charge in [-0.05, 0) is 30.3 Å². The van der Waals surface area contributed by atoms with E-state index in [1.54, 1.807) is 24.1 Å². The van der Waals surface area contributed by atoms with Crippen LogP contribution in [-0.4, -0.2) is 34.6 Å². The van der Waals surface area contributed by atoms with E-state index in [2.05, 4.69) is 9.97 Å². The molecular formula is C18H15FN4O2. The highest BCUT2D eigenvalue weighted by molar-refractivity contribution is 6.30. The Labute approximate surface area is 142 Å². The van der Waals surface area contributed by atoms with E-state index in [0.717, 1.165) is 5.69 Å². The number of nitrogens with one attached hydrogen (secondary N) is 2. The summed E-state index contributed by atoms with van der Waals surface area (Å²) in [4.78, 5) is 8.99. The van der Waals surface area contributed by atoms with Gasteiger partial charge in [0.2, 0.25) is 0 Å². The summed E-state index contributed by atoms with van der Waals surface area (Å²) in [5, 5.41) is 18.8. The second kappa shape index (κ2) is 5.62. The Kier molecular flexibility index (Phi) is 3.42. The molecule has 0 saturated carbocycles. The summed E-state index contributed by atoms with van der Waals surface area (Å²) in [6.45, 7) is 0.159. The Hall–Kier alpha value is -3.35. The summed E-state index contributed by atoms with van der Waals surface area (Å²) in [7, 11) is 1.57. The highest BCUT2D eigenvalue weighted by atomic mass is 19.1. The minimum atomic E-state index is -0.375. The summed E-state index contributed by atoms with van der Waals surface area (Å²) in [5.41, 5.74) is 2.12. The molecule has 0 fully saturated rings. The maximum atomic E-state index is 13.4. The van der Waals surface area contributed by atoms with Crippen molar-refractivity contribution in [3.63, 3.8) is 0 Å². The lowest BCUT2D eigenvalue weighted by molar-refractivity contribution is 0.410. The highest BCUT2D eigenvalue weighted by Gasteiger charge is 2.31. The molecule has 4 rings (SSSR count). The molecule has 1 aliphatic heterocycles. The lowest BCUT2D eigenvalue weighted by Gasteiger charge is -2.19. The van der Waals surface area contributed by atoms with Crippen molar-refractivity contribution in [1.29, 1.82) is 5.41 Å². The molecule has 0 atom stereocenters. The van der Waals surface area contributed by atoms with Gasteiger partial charge in [0, 0.05) is 11.8 Å². The topological polar surface area (TPSA) is 85.2 Å². The van der Waals surface area contributed by atoms with Gasteiger partial charge in [-0.2, -0.15) is 0 Å². The van der Waals surface area contributed by atoms with Crippen molar-refractivity contribution >= 4 is 28.1 Å². The minimum absolute atomic E-state index is 0.0346. The number of imidazole rings is 1. The fourth-order valence-corrected chi connectivity index (χ4v) is 2.93. The smallest absolute Gasteiger partial charge is 0.145 e. The van der Waals surface area contributed by atoms with Crippen LogP contribution >= 0.6 is 0 Å². The van der Waals surface area contributed by atoms with Crippen molar-refractivity contribution in [2.75, 3.05) is 18.6 Å². The third-order valence-corrected chi connectivity index (χ3v) is 4.15. The number of aromatic nitrogens is 2. The Morgan fingerprint density at radius 1 is 1.28 bits per heavy atom. The number of aromatic amines is 1. The van der Waals surface area contributed by atoms with E-state index < -0.39 is 0 Å². The van der Waals surface area contributed by atoms with Crippen molar-refractivity contribution in [3.8, 4) is 5.75 Å². The molecule has 0 saturated heterocycles. The number of rotatable bonds is 3. The molecule has 0 amide bonds. The summed E-state index contributed by atoms with van der Waals surface area (Å²) in [5.74, 6) is 0.781. The number of benzene rings is 2. The predicted octanol–water partition coefficient (Wildman–Crippen LogP) is 3.48. The van der Waals surface area contributed by atoms with Crippen LogP contribution in [0.15, 0.2) is 48.2 Å². The van der Waals surface area contributed by atoms with Crippen molar-refractivity contribution in [1.82, 2.24) is 9.97 Å². The molecule has 3 N–H and O–H groups in total. The van der Waals surface area contributed by atoms with E-state index in [1.165, 1.54) is 12.1 Å². The Morgan fingerprint density at radius 2 is 2.12 bits per heavy atom. The molecule has 0 radical (unpaired) electrons. The standard InChI is InChI=1S/C18H15FN4O2/c1-25-12-4-2-3-11(8-12)23-9-15(24)16(17(23)20)18-21-13-6-5-10(19)7-14(13)22-18/h2-8,20,24H,9H2,1H3,(H,21,22). The van der Waals surface area contributed by atoms with E-state index in [9.17, 15) is 9.50 Å². The first-order chi connectivity index (χ1) is 12.1. The number of aliphatic hydroxyl groups excluding tert-OH is 1. The lowest BCUT2D eigenvalue weighted by atomic mass is 10.2. The zero-order chi connectivity index (χ0) is 17.6. The van der Waals surface area contributed by atoms with Gasteiger partial charge >= 0.3 is 0 Å². The van der Waals surface area contributed by atoms with Crippen LogP contribution in [0.5, 0.6) is 5.75 Å². The number of nitrogens with zero attached hydrogens (tertiary/aromatic N) is 2. The first kappa shape index (κ1) is 15.2. The monoisotopic (exact) mass is 338 g/mol. The molecule has 0 unspecified atom stereocenters. The van der Waals surface area contributed by atoms with Gasteiger partial charge in [-0.3, -0.25) is 5.41 Å². The highest BCUT2D eigenvalue weighted by Crippen LogP contribution is 2.32. The third kappa shape index (κ3) is 2.50. The second-order valence-corrected chi connectivity index (χ2v) is 5.70. The van der Waals surface area contributed by atoms with Crippen LogP contribution in [0.3, 0.4) is 0 Å². The van der Waals surface area contributed by atoms with Crippen molar-refractivity contribution in [3.05, 3.63) is 59.9 Å². The van der Waals surface area contributed by atoms with Gasteiger partial charge in [0.05, 0.1) is 30.3 Å². The summed E-state index contributed by atoms with van der Waals surface area (Å²) in [6, 6.07) is 11.5. The third-order valence-electron chi connectivity index (χ3n) is 4.15. The van der Waals surface area contributed by atoms with Crippen LogP contribution in [0.1, 0.15) is 5.82 Å². The van der Waals surface area contributed by atoms with E-state index >= 15 is 0 Å². The van der Waals surface area contributed by atoms with Gasteiger partial charge in [0.25, 0.3) is 0 Å². The zero-order valence-corrected chi connectivity index (χ0v) is 13.4. The number of hydrogen-bond donors (Lipinski definition) is 3. The maximum absolute atomic E-state index is 13.4. The quantitative estimate of drug-likeness (QED) is 0.682. The molecule has 3 aromatic rings. The molecule has 0 spiro atoms. The SMILES string of the molecule is COc1cccc(N2CC(O)=C(c3nc4ccc(F)cc4[nH]3)C2=N)c1. The molecule has 25 heavy (non-hydrogen) atoms. The van der Waals surface area contributed by atoms with Crippen LogP contribution in [0.25, 0.3) is 16.6 Å². The van der Waals surface area contributed by atoms with Crippen LogP contribution in [0.4, 0.5) is 10.1 Å². The van der Waals surface area contributed by atoms with E-state index in [-0.39, 0.29) is 24.0 Å². The number of fused-ring (bicyclic) bond motifs is 1. The predicted molar refractivity (Wildman–Crippen MR) is 93.7 cm³/mol. The average Bonchev–Trinajstić information content (AvgIpc) is 3.14. The molecule has 6 nitrogen and oxygen atoms in total. The van der Waals surface area contributed by atoms with E-state index in [1.807, 2.05) is 18.2 Å². The molecule has 2 heterocycles. The van der Waals surface area contributed by atoms with Crippen LogP contribution in [0.2, 0.25) is 0 Å². The van der Waals surface area contributed by atoms with Gasteiger partial charge in [0.15, 0.2) is 0 Å². The second-order valence-electron chi connectivity index (χ2n) is 5.70. The first-order valence-corrected chi connectivity index (χ1v) is 7.65. The molecular weight excluding hydrogens is 323 g/mol. The zero-order valence-electron chi connectivity index (χ0n) is 13.4. The number of hydrogen-bond acceptors (Lipinski definition) is 4. The summed E-state index contributed by atoms with van der Waals surface area (Å²) < 4.78 is 18.6.